The Morgan fingerprint density at radius 3 is 2.59 bits per heavy atom. The van der Waals surface area contributed by atoms with Crippen LogP contribution in [0.3, 0.4) is 0 Å². The minimum atomic E-state index is 0. The van der Waals surface area contributed by atoms with Crippen LogP contribution in [0.15, 0.2) is 18.3 Å². The summed E-state index contributed by atoms with van der Waals surface area (Å²) in [5, 5.41) is 6.11. The molecule has 3 heterocycles. The Hall–Kier alpha value is -1.04. The summed E-state index contributed by atoms with van der Waals surface area (Å²) in [4.78, 5) is 18.7. The van der Waals surface area contributed by atoms with E-state index in [1.165, 1.54) is 19.3 Å². The van der Waals surface area contributed by atoms with Crippen molar-refractivity contribution in [1.82, 2.24) is 10.3 Å². The quantitative estimate of drug-likeness (QED) is 0.882. The van der Waals surface area contributed by atoms with Gasteiger partial charge in [-0.05, 0) is 44.4 Å². The molecule has 2 aliphatic heterocycles. The van der Waals surface area contributed by atoms with Crippen molar-refractivity contribution >= 4 is 42.2 Å². The van der Waals surface area contributed by atoms with Gasteiger partial charge in [-0.2, -0.15) is 0 Å². The summed E-state index contributed by atoms with van der Waals surface area (Å²) < 4.78 is 0. The lowest BCUT2D eigenvalue weighted by Gasteiger charge is -2.28. The maximum Gasteiger partial charge on any atom is 0.229 e. The van der Waals surface area contributed by atoms with Crippen LogP contribution in [0, 0.1) is 5.92 Å². The van der Waals surface area contributed by atoms with Crippen LogP contribution in [0.4, 0.5) is 11.5 Å². The number of anilines is 2. The molecule has 2 aliphatic rings. The number of carbonyl (C=O) groups is 1. The van der Waals surface area contributed by atoms with Gasteiger partial charge in [0.05, 0.1) is 17.8 Å². The number of nitrogens with one attached hydrogen (secondary N) is 2. The standard InChI is InChI=1S/C15H22N4O.2ClH/c20-15(12-6-7-16-10-12)18-14-5-4-13(11-17-14)19-8-2-1-3-9-19;;/h4-5,11-12,16H,1-3,6-10H2,(H,17,18,20);2*1H. The first-order valence-electron chi connectivity index (χ1n) is 7.55. The highest BCUT2D eigenvalue weighted by Crippen LogP contribution is 2.20. The molecular formula is C15H24Cl2N4O. The van der Waals surface area contributed by atoms with Gasteiger partial charge < -0.3 is 15.5 Å². The second-order valence-corrected chi connectivity index (χ2v) is 5.63. The molecule has 0 saturated carbocycles. The molecule has 0 spiro atoms. The van der Waals surface area contributed by atoms with Crippen LogP contribution >= 0.6 is 24.8 Å². The van der Waals surface area contributed by atoms with E-state index in [0.29, 0.717) is 5.82 Å². The first kappa shape index (κ1) is 19.0. The van der Waals surface area contributed by atoms with Gasteiger partial charge >= 0.3 is 0 Å². The number of hydrogen-bond donors (Lipinski definition) is 2. The molecule has 0 aliphatic carbocycles. The van der Waals surface area contributed by atoms with E-state index in [1.54, 1.807) is 0 Å². The summed E-state index contributed by atoms with van der Waals surface area (Å²) in [6.45, 7) is 3.93. The second kappa shape index (κ2) is 9.18. The molecule has 1 aromatic rings. The number of halogens is 2. The van der Waals surface area contributed by atoms with Gasteiger partial charge in [0.15, 0.2) is 0 Å². The van der Waals surface area contributed by atoms with E-state index >= 15 is 0 Å². The van der Waals surface area contributed by atoms with Crippen LogP contribution in [-0.2, 0) is 4.79 Å². The van der Waals surface area contributed by atoms with Crippen molar-refractivity contribution in [1.29, 1.82) is 0 Å². The number of amides is 1. The lowest BCUT2D eigenvalue weighted by atomic mass is 10.1. The number of rotatable bonds is 3. The molecule has 1 amide bonds. The van der Waals surface area contributed by atoms with Gasteiger partial charge in [-0.1, -0.05) is 0 Å². The monoisotopic (exact) mass is 346 g/mol. The first-order valence-corrected chi connectivity index (χ1v) is 7.55. The molecule has 124 valence electrons. The van der Waals surface area contributed by atoms with Crippen LogP contribution < -0.4 is 15.5 Å². The van der Waals surface area contributed by atoms with Crippen molar-refractivity contribution in [3.05, 3.63) is 18.3 Å². The summed E-state index contributed by atoms with van der Waals surface area (Å²) in [7, 11) is 0. The molecule has 0 bridgehead atoms. The number of nitrogens with zero attached hydrogens (tertiary/aromatic N) is 2. The fourth-order valence-corrected chi connectivity index (χ4v) is 2.91. The summed E-state index contributed by atoms with van der Waals surface area (Å²) in [6.07, 6.45) is 6.62. The third-order valence-corrected chi connectivity index (χ3v) is 4.15. The minimum absolute atomic E-state index is 0. The summed E-state index contributed by atoms with van der Waals surface area (Å²) in [5.74, 6) is 0.814. The van der Waals surface area contributed by atoms with Crippen molar-refractivity contribution < 1.29 is 4.79 Å². The number of hydrogen-bond acceptors (Lipinski definition) is 4. The summed E-state index contributed by atoms with van der Waals surface area (Å²) in [6, 6.07) is 3.96. The van der Waals surface area contributed by atoms with E-state index in [1.807, 2.05) is 12.3 Å². The second-order valence-electron chi connectivity index (χ2n) is 5.63. The number of carbonyl (C=O) groups excluding carboxylic acids is 1. The van der Waals surface area contributed by atoms with E-state index in [9.17, 15) is 4.79 Å². The zero-order chi connectivity index (χ0) is 13.8. The Bertz CT molecular complexity index is 457. The Labute approximate surface area is 144 Å². The highest BCUT2D eigenvalue weighted by atomic mass is 35.5. The van der Waals surface area contributed by atoms with Gasteiger partial charge in [-0.25, -0.2) is 4.98 Å². The molecule has 0 radical (unpaired) electrons. The maximum atomic E-state index is 12.0. The smallest absolute Gasteiger partial charge is 0.229 e. The van der Waals surface area contributed by atoms with Gasteiger partial charge in [0.2, 0.25) is 5.91 Å². The molecule has 22 heavy (non-hydrogen) atoms. The molecule has 2 fully saturated rings. The average molecular weight is 347 g/mol. The molecule has 2 N–H and O–H groups in total. The fourth-order valence-electron chi connectivity index (χ4n) is 2.91. The van der Waals surface area contributed by atoms with E-state index in [4.69, 9.17) is 0 Å². The Morgan fingerprint density at radius 1 is 1.23 bits per heavy atom. The number of pyridine rings is 1. The zero-order valence-corrected chi connectivity index (χ0v) is 14.2. The topological polar surface area (TPSA) is 57.3 Å². The molecular weight excluding hydrogens is 323 g/mol. The van der Waals surface area contributed by atoms with Gasteiger partial charge in [0.1, 0.15) is 5.82 Å². The van der Waals surface area contributed by atoms with E-state index in [2.05, 4.69) is 26.6 Å². The van der Waals surface area contributed by atoms with Crippen molar-refractivity contribution in [2.75, 3.05) is 36.4 Å². The van der Waals surface area contributed by atoms with Crippen LogP contribution in [0.2, 0.25) is 0 Å². The van der Waals surface area contributed by atoms with Crippen molar-refractivity contribution in [2.24, 2.45) is 5.92 Å². The van der Waals surface area contributed by atoms with E-state index in [-0.39, 0.29) is 36.6 Å². The van der Waals surface area contributed by atoms with Gasteiger partial charge in [0, 0.05) is 19.6 Å². The molecule has 1 unspecified atom stereocenters. The molecule has 1 atom stereocenters. The molecule has 0 aromatic carbocycles. The molecule has 2 saturated heterocycles. The average Bonchev–Trinajstić information content (AvgIpc) is 3.03. The maximum absolute atomic E-state index is 12.0. The number of piperidine rings is 1. The van der Waals surface area contributed by atoms with Gasteiger partial charge in [-0.15, -0.1) is 24.8 Å². The summed E-state index contributed by atoms with van der Waals surface area (Å²) in [5.41, 5.74) is 1.16. The highest BCUT2D eigenvalue weighted by molar-refractivity contribution is 5.92. The largest absolute Gasteiger partial charge is 0.370 e. The van der Waals surface area contributed by atoms with E-state index in [0.717, 1.165) is 38.3 Å². The molecule has 7 heteroatoms. The van der Waals surface area contributed by atoms with E-state index < -0.39 is 0 Å². The lowest BCUT2D eigenvalue weighted by molar-refractivity contribution is -0.119. The lowest BCUT2D eigenvalue weighted by Crippen LogP contribution is -2.29. The van der Waals surface area contributed by atoms with Crippen LogP contribution in [0.5, 0.6) is 0 Å². The minimum Gasteiger partial charge on any atom is -0.370 e. The van der Waals surface area contributed by atoms with Crippen LogP contribution in [0.25, 0.3) is 0 Å². The van der Waals surface area contributed by atoms with Crippen LogP contribution in [-0.4, -0.2) is 37.1 Å². The molecule has 5 nitrogen and oxygen atoms in total. The Kier molecular flexibility index (Phi) is 7.93. The predicted molar refractivity (Wildman–Crippen MR) is 94.4 cm³/mol. The Balaban J connectivity index is 0.00000121. The SMILES string of the molecule is Cl.Cl.O=C(Nc1ccc(N2CCCCC2)cn1)C1CCNC1. The summed E-state index contributed by atoms with van der Waals surface area (Å²) >= 11 is 0. The first-order chi connectivity index (χ1) is 9.83. The third-order valence-electron chi connectivity index (χ3n) is 4.15. The fraction of sp³-hybridized carbons (Fsp3) is 0.600. The van der Waals surface area contributed by atoms with Gasteiger partial charge in [0.25, 0.3) is 0 Å². The molecule has 1 aromatic heterocycles. The Morgan fingerprint density at radius 2 is 2.00 bits per heavy atom. The molecule has 3 rings (SSSR count). The van der Waals surface area contributed by atoms with Crippen molar-refractivity contribution in [2.45, 2.75) is 25.7 Å². The predicted octanol–water partition coefficient (Wildman–Crippen LogP) is 2.46. The number of aromatic nitrogens is 1. The zero-order valence-electron chi connectivity index (χ0n) is 12.6. The van der Waals surface area contributed by atoms with Crippen molar-refractivity contribution in [3.63, 3.8) is 0 Å². The van der Waals surface area contributed by atoms with Crippen molar-refractivity contribution in [3.8, 4) is 0 Å². The van der Waals surface area contributed by atoms with Crippen LogP contribution in [0.1, 0.15) is 25.7 Å². The highest BCUT2D eigenvalue weighted by Gasteiger charge is 2.22. The van der Waals surface area contributed by atoms with Gasteiger partial charge in [-0.3, -0.25) is 4.79 Å². The third kappa shape index (κ3) is 4.73. The normalized spacial score (nSPS) is 20.7.